The highest BCUT2D eigenvalue weighted by Crippen LogP contribution is 2.44. The molecule has 0 aliphatic rings. The van der Waals surface area contributed by atoms with Crippen LogP contribution in [0.2, 0.25) is 0 Å². The first-order valence-corrected chi connectivity index (χ1v) is 18.5. The van der Waals surface area contributed by atoms with Crippen molar-refractivity contribution in [3.63, 3.8) is 0 Å². The van der Waals surface area contributed by atoms with Crippen LogP contribution in [-0.4, -0.2) is 15.0 Å². The van der Waals surface area contributed by atoms with Crippen molar-refractivity contribution in [1.29, 1.82) is 0 Å². The zero-order chi connectivity index (χ0) is 33.5. The molecule has 0 saturated carbocycles. The van der Waals surface area contributed by atoms with Crippen molar-refractivity contribution in [3.8, 4) is 45.3 Å². The molecule has 0 unspecified atom stereocenters. The van der Waals surface area contributed by atoms with Gasteiger partial charge in [-0.1, -0.05) is 115 Å². The van der Waals surface area contributed by atoms with Gasteiger partial charge >= 0.3 is 0 Å². The fraction of sp³-hybridized carbons (Fsp3) is 0. The minimum atomic E-state index is 0.660. The van der Waals surface area contributed by atoms with Gasteiger partial charge in [0.05, 0.1) is 0 Å². The summed E-state index contributed by atoms with van der Waals surface area (Å²) in [4.78, 5) is 15.5. The molecule has 0 fully saturated rings. The van der Waals surface area contributed by atoms with E-state index in [2.05, 4.69) is 121 Å². The highest BCUT2D eigenvalue weighted by molar-refractivity contribution is 7.26. The Labute approximate surface area is 299 Å². The van der Waals surface area contributed by atoms with E-state index in [0.717, 1.165) is 54.5 Å². The second-order valence-electron chi connectivity index (χ2n) is 12.7. The van der Waals surface area contributed by atoms with E-state index >= 15 is 0 Å². The predicted molar refractivity (Wildman–Crippen MR) is 215 cm³/mol. The Morgan fingerprint density at radius 1 is 0.373 bits per heavy atom. The van der Waals surface area contributed by atoms with Crippen molar-refractivity contribution in [3.05, 3.63) is 152 Å². The molecule has 4 heterocycles. The maximum absolute atomic E-state index is 6.42. The molecule has 11 aromatic rings. The van der Waals surface area contributed by atoms with Crippen molar-refractivity contribution < 1.29 is 4.42 Å². The number of furan rings is 1. The number of hydrogen-bond acceptors (Lipinski definition) is 6. The molecule has 0 aliphatic heterocycles. The van der Waals surface area contributed by atoms with Crippen LogP contribution in [0.1, 0.15) is 0 Å². The van der Waals surface area contributed by atoms with Gasteiger partial charge < -0.3 is 4.42 Å². The molecule has 4 aromatic heterocycles. The van der Waals surface area contributed by atoms with Gasteiger partial charge in [0.2, 0.25) is 0 Å². The highest BCUT2D eigenvalue weighted by atomic mass is 32.1. The molecule has 7 aromatic carbocycles. The molecule has 0 amide bonds. The zero-order valence-electron chi connectivity index (χ0n) is 27.0. The van der Waals surface area contributed by atoms with Crippen molar-refractivity contribution in [2.45, 2.75) is 0 Å². The van der Waals surface area contributed by atoms with E-state index in [1.807, 2.05) is 30.3 Å². The summed E-state index contributed by atoms with van der Waals surface area (Å²) in [6, 6.07) is 53.1. The Morgan fingerprint density at radius 2 is 0.941 bits per heavy atom. The van der Waals surface area contributed by atoms with Crippen LogP contribution in [0.25, 0.3) is 108 Å². The normalized spacial score (nSPS) is 11.9. The quantitative estimate of drug-likeness (QED) is 0.185. The van der Waals surface area contributed by atoms with Crippen molar-refractivity contribution >= 4 is 85.0 Å². The molecule has 0 aliphatic carbocycles. The summed E-state index contributed by atoms with van der Waals surface area (Å²) >= 11 is 3.57. The van der Waals surface area contributed by atoms with E-state index in [0.29, 0.717) is 17.5 Å². The van der Waals surface area contributed by atoms with Gasteiger partial charge in [-0.3, -0.25) is 0 Å². The molecule has 0 N–H and O–H groups in total. The van der Waals surface area contributed by atoms with E-state index in [-0.39, 0.29) is 0 Å². The molecule has 0 radical (unpaired) electrons. The summed E-state index contributed by atoms with van der Waals surface area (Å²) in [6.07, 6.45) is 0. The van der Waals surface area contributed by atoms with Gasteiger partial charge in [0.15, 0.2) is 17.5 Å². The number of rotatable bonds is 4. The van der Waals surface area contributed by atoms with Gasteiger partial charge in [-0.2, -0.15) is 0 Å². The van der Waals surface area contributed by atoms with Crippen LogP contribution in [0.15, 0.2) is 156 Å². The molecule has 51 heavy (non-hydrogen) atoms. The number of aromatic nitrogens is 3. The first kappa shape index (κ1) is 28.6. The third-order valence-corrected chi connectivity index (χ3v) is 12.2. The van der Waals surface area contributed by atoms with E-state index in [1.165, 1.54) is 35.6 Å². The maximum atomic E-state index is 6.42. The Bertz CT molecular complexity index is 3160. The summed E-state index contributed by atoms with van der Waals surface area (Å²) in [5.41, 5.74) is 7.01. The van der Waals surface area contributed by atoms with Gasteiger partial charge in [-0.25, -0.2) is 15.0 Å². The van der Waals surface area contributed by atoms with E-state index in [4.69, 9.17) is 19.4 Å². The second kappa shape index (κ2) is 11.2. The lowest BCUT2D eigenvalue weighted by molar-refractivity contribution is 0.670. The summed E-state index contributed by atoms with van der Waals surface area (Å²) in [5, 5.41) is 7.12. The molecular weight excluding hydrogens is 663 g/mol. The number of hydrogen-bond donors (Lipinski definition) is 0. The topological polar surface area (TPSA) is 51.8 Å². The smallest absolute Gasteiger partial charge is 0.165 e. The largest absolute Gasteiger partial charge is 0.455 e. The average Bonchev–Trinajstić information content (AvgIpc) is 3.89. The first-order chi connectivity index (χ1) is 25.3. The predicted octanol–water partition coefficient (Wildman–Crippen LogP) is 13.2. The van der Waals surface area contributed by atoms with Crippen molar-refractivity contribution in [1.82, 2.24) is 15.0 Å². The SMILES string of the molecule is c1ccc(-c2nc(-c3cccc4c3sc3ccccc34)nc(-c3cccc4c3sc3ccc(-c5cccc6c5oc5ccccc56)cc34)n2)cc1. The number of para-hydroxylation sites is 2. The minimum Gasteiger partial charge on any atom is -0.455 e. The molecule has 0 atom stereocenters. The second-order valence-corrected chi connectivity index (χ2v) is 14.8. The van der Waals surface area contributed by atoms with Gasteiger partial charge in [-0.15, -0.1) is 22.7 Å². The number of thiophene rings is 2. The monoisotopic (exact) mass is 687 g/mol. The van der Waals surface area contributed by atoms with E-state index in [1.54, 1.807) is 22.7 Å². The van der Waals surface area contributed by atoms with Gasteiger partial charge in [-0.05, 0) is 42.0 Å². The number of benzene rings is 7. The Balaban J connectivity index is 1.11. The van der Waals surface area contributed by atoms with Gasteiger partial charge in [0.1, 0.15) is 11.2 Å². The Kier molecular flexibility index (Phi) is 6.26. The standard InChI is InChI=1S/C45H25N3OS2/c1-2-11-26(12-3-1)43-46-44(34-19-9-17-32-30-14-5-7-22-38(30)50-41(32)34)48-45(47-43)35-20-10-18-33-36-25-27(23-24-39(36)51-42(33)35)28-15-8-16-31-29-13-4-6-21-37(29)49-40(28)31/h1-25H. The minimum absolute atomic E-state index is 0.660. The Morgan fingerprint density at radius 3 is 1.71 bits per heavy atom. The molecule has 6 heteroatoms. The fourth-order valence-electron chi connectivity index (χ4n) is 7.37. The third kappa shape index (κ3) is 4.47. The first-order valence-electron chi connectivity index (χ1n) is 16.9. The molecule has 0 spiro atoms. The van der Waals surface area contributed by atoms with Crippen LogP contribution in [-0.2, 0) is 0 Å². The lowest BCUT2D eigenvalue weighted by Gasteiger charge is -2.09. The van der Waals surface area contributed by atoms with Gasteiger partial charge in [0.25, 0.3) is 0 Å². The van der Waals surface area contributed by atoms with Crippen LogP contribution < -0.4 is 0 Å². The van der Waals surface area contributed by atoms with Crippen LogP contribution in [0.4, 0.5) is 0 Å². The average molecular weight is 688 g/mol. The maximum Gasteiger partial charge on any atom is 0.165 e. The van der Waals surface area contributed by atoms with Crippen LogP contribution >= 0.6 is 22.7 Å². The van der Waals surface area contributed by atoms with Crippen molar-refractivity contribution in [2.75, 3.05) is 0 Å². The molecule has 0 saturated heterocycles. The van der Waals surface area contributed by atoms with Crippen molar-refractivity contribution in [2.24, 2.45) is 0 Å². The summed E-state index contributed by atoms with van der Waals surface area (Å²) < 4.78 is 11.2. The highest BCUT2D eigenvalue weighted by Gasteiger charge is 2.20. The lowest BCUT2D eigenvalue weighted by Crippen LogP contribution is -2.00. The molecule has 4 nitrogen and oxygen atoms in total. The molecule has 0 bridgehead atoms. The third-order valence-electron chi connectivity index (χ3n) is 9.77. The summed E-state index contributed by atoms with van der Waals surface area (Å²) in [5.74, 6) is 2.00. The lowest BCUT2D eigenvalue weighted by atomic mass is 10.00. The van der Waals surface area contributed by atoms with E-state index < -0.39 is 0 Å². The van der Waals surface area contributed by atoms with Crippen LogP contribution in [0.5, 0.6) is 0 Å². The fourth-order valence-corrected chi connectivity index (χ4v) is 9.78. The van der Waals surface area contributed by atoms with E-state index in [9.17, 15) is 0 Å². The summed E-state index contributed by atoms with van der Waals surface area (Å²) in [7, 11) is 0. The van der Waals surface area contributed by atoms with Crippen LogP contribution in [0.3, 0.4) is 0 Å². The molecular formula is C45H25N3OS2. The number of nitrogens with zero attached hydrogens (tertiary/aromatic N) is 3. The van der Waals surface area contributed by atoms with Crippen LogP contribution in [0, 0.1) is 0 Å². The number of fused-ring (bicyclic) bond motifs is 9. The van der Waals surface area contributed by atoms with Gasteiger partial charge in [0, 0.05) is 73.4 Å². The zero-order valence-corrected chi connectivity index (χ0v) is 28.6. The molecule has 238 valence electrons. The Hall–Kier alpha value is -6.21. The molecule has 11 rings (SSSR count). The summed E-state index contributed by atoms with van der Waals surface area (Å²) in [6.45, 7) is 0.